The SMILES string of the molecule is [C-]#[N+]C1=C(C)N(c2cccc(C(F)(F)F)c2)C(=O)N(C(=O)N2CCCC2c2cccnc2)[C@@H]1c1ccc(C#N)cc1S(C)(=O)=O. The van der Waals surface area contributed by atoms with Crippen LogP contribution >= 0.6 is 0 Å². The number of aromatic nitrogens is 1. The van der Waals surface area contributed by atoms with Gasteiger partial charge < -0.3 is 4.90 Å². The van der Waals surface area contributed by atoms with Gasteiger partial charge in [0.25, 0.3) is 0 Å². The zero-order valence-electron chi connectivity index (χ0n) is 24.0. The first-order chi connectivity index (χ1) is 21.3. The van der Waals surface area contributed by atoms with Crippen LogP contribution in [0.2, 0.25) is 0 Å². The topological polar surface area (TPSA) is 119 Å². The largest absolute Gasteiger partial charge is 0.416 e. The summed E-state index contributed by atoms with van der Waals surface area (Å²) in [5.41, 5.74) is -1.06. The van der Waals surface area contributed by atoms with E-state index in [0.29, 0.717) is 18.4 Å². The van der Waals surface area contributed by atoms with E-state index in [1.807, 2.05) is 6.07 Å². The fourth-order valence-corrected chi connectivity index (χ4v) is 6.70. The van der Waals surface area contributed by atoms with Gasteiger partial charge in [-0.15, -0.1) is 0 Å². The molecule has 1 unspecified atom stereocenters. The lowest BCUT2D eigenvalue weighted by atomic mass is 9.97. The standard InChI is InChI=1S/C31H25F3N6O4S/c1-19-27(36-2)28(24-12-11-20(17-35)15-26(24)45(3,43)44)40(29(41)38-14-6-10-25(38)21-7-5-13-37-18-21)30(42)39(19)23-9-4-8-22(16-23)31(32,33)34/h4-5,7-9,11-13,15-16,18,25,28H,6,10,14H2,1,3H3/t25?,28-/m1/s1. The van der Waals surface area contributed by atoms with Crippen molar-refractivity contribution >= 4 is 27.6 Å². The lowest BCUT2D eigenvalue weighted by molar-refractivity contribution is -0.137. The zero-order valence-corrected chi connectivity index (χ0v) is 24.8. The molecule has 230 valence electrons. The number of alkyl halides is 3. The minimum Gasteiger partial charge on any atom is -0.317 e. The number of urea groups is 2. The van der Waals surface area contributed by atoms with Gasteiger partial charge >= 0.3 is 18.2 Å². The minimum atomic E-state index is -4.74. The van der Waals surface area contributed by atoms with Gasteiger partial charge in [-0.25, -0.2) is 27.8 Å². The molecule has 1 saturated heterocycles. The number of benzene rings is 2. The van der Waals surface area contributed by atoms with Crippen molar-refractivity contribution in [1.29, 1.82) is 5.26 Å². The Labute approximate surface area is 257 Å². The maximum absolute atomic E-state index is 14.5. The van der Waals surface area contributed by atoms with Crippen LogP contribution in [0.25, 0.3) is 4.85 Å². The van der Waals surface area contributed by atoms with Crippen molar-refractivity contribution in [2.75, 3.05) is 17.7 Å². The van der Waals surface area contributed by atoms with Gasteiger partial charge in [-0.05, 0) is 67.3 Å². The highest BCUT2D eigenvalue weighted by Gasteiger charge is 2.48. The molecule has 3 heterocycles. The second kappa shape index (κ2) is 11.7. The molecule has 0 aliphatic carbocycles. The summed E-state index contributed by atoms with van der Waals surface area (Å²) >= 11 is 0. The average molecular weight is 635 g/mol. The highest BCUT2D eigenvalue weighted by atomic mass is 32.2. The van der Waals surface area contributed by atoms with Crippen LogP contribution in [0.4, 0.5) is 28.4 Å². The summed E-state index contributed by atoms with van der Waals surface area (Å²) in [7, 11) is -4.08. The number of amides is 4. The number of likely N-dealkylation sites (tertiary alicyclic amines) is 1. The predicted molar refractivity (Wildman–Crippen MR) is 156 cm³/mol. The molecule has 0 spiro atoms. The molecule has 0 saturated carbocycles. The molecule has 10 nitrogen and oxygen atoms in total. The van der Waals surface area contributed by atoms with E-state index >= 15 is 0 Å². The van der Waals surface area contributed by atoms with Crippen LogP contribution in [0.15, 0.2) is 83.3 Å². The van der Waals surface area contributed by atoms with Crippen molar-refractivity contribution in [1.82, 2.24) is 14.8 Å². The Morgan fingerprint density at radius 2 is 1.91 bits per heavy atom. The maximum atomic E-state index is 14.5. The number of carbonyl (C=O) groups excluding carboxylic acids is 2. The molecule has 2 aliphatic rings. The van der Waals surface area contributed by atoms with E-state index in [-0.39, 0.29) is 39.6 Å². The normalized spacial score (nSPS) is 19.0. The molecule has 1 aromatic heterocycles. The van der Waals surface area contributed by atoms with Crippen molar-refractivity contribution in [2.45, 2.75) is 42.9 Å². The summed E-state index contributed by atoms with van der Waals surface area (Å²) in [6.07, 6.45) is 0.383. The summed E-state index contributed by atoms with van der Waals surface area (Å²) in [5, 5.41) is 9.45. The minimum absolute atomic E-state index is 0.00831. The zero-order chi connectivity index (χ0) is 32.7. The van der Waals surface area contributed by atoms with E-state index in [0.717, 1.165) is 40.3 Å². The number of pyridine rings is 1. The maximum Gasteiger partial charge on any atom is 0.416 e. The van der Waals surface area contributed by atoms with Gasteiger partial charge in [0, 0.05) is 36.6 Å². The number of carbonyl (C=O) groups is 2. The van der Waals surface area contributed by atoms with Gasteiger partial charge in [-0.2, -0.15) is 18.4 Å². The highest BCUT2D eigenvalue weighted by Crippen LogP contribution is 2.45. The number of imide groups is 1. The molecule has 5 rings (SSSR count). The van der Waals surface area contributed by atoms with Gasteiger partial charge in [0.05, 0.1) is 34.7 Å². The van der Waals surface area contributed by atoms with Crippen LogP contribution in [-0.4, -0.2) is 48.1 Å². The first kappa shape index (κ1) is 31.2. The Morgan fingerprint density at radius 1 is 1.16 bits per heavy atom. The Bertz CT molecular complexity index is 1920. The second-order valence-electron chi connectivity index (χ2n) is 10.6. The predicted octanol–water partition coefficient (Wildman–Crippen LogP) is 6.47. The van der Waals surface area contributed by atoms with E-state index in [1.54, 1.807) is 24.5 Å². The molecule has 0 radical (unpaired) electrons. The lowest BCUT2D eigenvalue weighted by Gasteiger charge is -2.43. The summed E-state index contributed by atoms with van der Waals surface area (Å²) in [5.74, 6) is 0. The van der Waals surface area contributed by atoms with Crippen LogP contribution in [-0.2, 0) is 16.0 Å². The third-order valence-corrected chi connectivity index (χ3v) is 8.94. The quantitative estimate of drug-likeness (QED) is 0.304. The second-order valence-corrected chi connectivity index (χ2v) is 12.6. The Morgan fingerprint density at radius 3 is 2.53 bits per heavy atom. The molecular formula is C31H25F3N6O4S. The van der Waals surface area contributed by atoms with E-state index in [1.165, 1.54) is 30.0 Å². The number of rotatable bonds is 4. The van der Waals surface area contributed by atoms with Gasteiger partial charge in [0.2, 0.25) is 5.70 Å². The number of nitrogens with zero attached hydrogens (tertiary/aromatic N) is 6. The molecular weight excluding hydrogens is 609 g/mol. The molecule has 2 aromatic carbocycles. The number of allylic oxidation sites excluding steroid dienone is 1. The number of nitriles is 1. The molecule has 4 amide bonds. The fraction of sp³-hybridized carbons (Fsp3) is 0.258. The van der Waals surface area contributed by atoms with E-state index in [9.17, 15) is 36.4 Å². The summed E-state index contributed by atoms with van der Waals surface area (Å²) in [4.78, 5) is 39.3. The molecule has 2 atom stereocenters. The molecule has 14 heteroatoms. The van der Waals surface area contributed by atoms with Gasteiger partial charge in [0.15, 0.2) is 9.84 Å². The van der Waals surface area contributed by atoms with E-state index < -0.39 is 45.7 Å². The Kier molecular flexibility index (Phi) is 8.12. The van der Waals surface area contributed by atoms with Crippen molar-refractivity contribution < 1.29 is 31.2 Å². The van der Waals surface area contributed by atoms with Gasteiger partial charge in [-0.1, -0.05) is 18.2 Å². The van der Waals surface area contributed by atoms with Gasteiger partial charge in [0.1, 0.15) is 6.04 Å². The first-order valence-corrected chi connectivity index (χ1v) is 15.5. The molecule has 0 N–H and O–H groups in total. The number of hydrogen-bond acceptors (Lipinski definition) is 6. The van der Waals surface area contributed by atoms with Crippen LogP contribution in [0.5, 0.6) is 0 Å². The average Bonchev–Trinajstić information content (AvgIpc) is 3.50. The van der Waals surface area contributed by atoms with Gasteiger partial charge in [-0.3, -0.25) is 9.88 Å². The molecule has 2 aliphatic heterocycles. The van der Waals surface area contributed by atoms with E-state index in [4.69, 9.17) is 6.57 Å². The van der Waals surface area contributed by atoms with Crippen molar-refractivity contribution in [3.05, 3.63) is 112 Å². The third-order valence-electron chi connectivity index (χ3n) is 7.78. The monoisotopic (exact) mass is 634 g/mol. The van der Waals surface area contributed by atoms with Crippen LogP contribution in [0.3, 0.4) is 0 Å². The van der Waals surface area contributed by atoms with Crippen LogP contribution < -0.4 is 4.90 Å². The highest BCUT2D eigenvalue weighted by molar-refractivity contribution is 7.90. The third kappa shape index (κ3) is 5.72. The van der Waals surface area contributed by atoms with Crippen LogP contribution in [0.1, 0.15) is 54.1 Å². The summed E-state index contributed by atoms with van der Waals surface area (Å²) in [6, 6.07) is 8.90. The van der Waals surface area contributed by atoms with Crippen LogP contribution in [0, 0.1) is 17.9 Å². The lowest BCUT2D eigenvalue weighted by Crippen LogP contribution is -2.55. The Hall–Kier alpha value is -5.21. The molecule has 3 aromatic rings. The van der Waals surface area contributed by atoms with Crippen molar-refractivity contribution in [3.8, 4) is 6.07 Å². The fourth-order valence-electron chi connectivity index (χ4n) is 5.75. The number of hydrogen-bond donors (Lipinski definition) is 0. The number of halogens is 3. The number of sulfone groups is 1. The molecule has 45 heavy (non-hydrogen) atoms. The Balaban J connectivity index is 1.76. The smallest absolute Gasteiger partial charge is 0.317 e. The van der Waals surface area contributed by atoms with Crippen molar-refractivity contribution in [3.63, 3.8) is 0 Å². The number of anilines is 1. The summed E-state index contributed by atoms with van der Waals surface area (Å²) in [6.45, 7) is 9.63. The molecule has 0 bridgehead atoms. The van der Waals surface area contributed by atoms with Crippen molar-refractivity contribution in [2.24, 2.45) is 0 Å². The summed E-state index contributed by atoms with van der Waals surface area (Å²) < 4.78 is 67.0. The first-order valence-electron chi connectivity index (χ1n) is 13.6. The molecule has 1 fully saturated rings. The van der Waals surface area contributed by atoms with E-state index in [2.05, 4.69) is 9.83 Å².